The molecule has 0 aromatic rings. The molecule has 8 heteroatoms. The predicted molar refractivity (Wildman–Crippen MR) is 65.0 cm³/mol. The molecule has 0 saturated carbocycles. The van der Waals surface area contributed by atoms with Gasteiger partial charge in [0.15, 0.2) is 0 Å². The van der Waals surface area contributed by atoms with Gasteiger partial charge in [0.2, 0.25) is 0 Å². The second kappa shape index (κ2) is 6.81. The molecular weight excluding hydrogens is 279 g/mol. The van der Waals surface area contributed by atoms with E-state index in [2.05, 4.69) is 4.74 Å². The molecule has 0 bridgehead atoms. The van der Waals surface area contributed by atoms with E-state index >= 15 is 0 Å². The highest BCUT2D eigenvalue weighted by atomic mass is 19.4. The van der Waals surface area contributed by atoms with Crippen LogP contribution in [-0.2, 0) is 14.3 Å². The van der Waals surface area contributed by atoms with Gasteiger partial charge in [-0.2, -0.15) is 13.2 Å². The number of hydrogen-bond acceptors (Lipinski definition) is 4. The first kappa shape index (κ1) is 18.5. The lowest BCUT2D eigenvalue weighted by Gasteiger charge is -2.28. The molecule has 0 saturated heterocycles. The number of hydrogen-bond donors (Lipinski definition) is 1. The third-order valence-electron chi connectivity index (χ3n) is 2.23. The lowest BCUT2D eigenvalue weighted by atomic mass is 10.0. The number of alkyl carbamates (subject to hydrolysis) is 1. The standard InChI is InChI=1S/C12H20F3NO4/c1-6-19-10(18)16-8(7(2)12(13,14)15)9(17)20-11(3,4)5/h7-8H,6H2,1-5H3,(H,16,18). The molecule has 0 rings (SSSR count). The normalized spacial score (nSPS) is 15.2. The van der Waals surface area contributed by atoms with Crippen molar-refractivity contribution in [1.82, 2.24) is 5.32 Å². The Morgan fingerprint density at radius 1 is 1.20 bits per heavy atom. The Bertz CT molecular complexity index is 350. The van der Waals surface area contributed by atoms with E-state index in [-0.39, 0.29) is 6.61 Å². The molecule has 2 atom stereocenters. The Kier molecular flexibility index (Phi) is 6.31. The highest BCUT2D eigenvalue weighted by molar-refractivity contribution is 5.82. The van der Waals surface area contributed by atoms with Crippen molar-refractivity contribution in [3.63, 3.8) is 0 Å². The van der Waals surface area contributed by atoms with Crippen LogP contribution in [0.3, 0.4) is 0 Å². The van der Waals surface area contributed by atoms with Crippen LogP contribution < -0.4 is 5.32 Å². The van der Waals surface area contributed by atoms with Gasteiger partial charge in [0, 0.05) is 0 Å². The van der Waals surface area contributed by atoms with Gasteiger partial charge in [-0.3, -0.25) is 0 Å². The molecular formula is C12H20F3NO4. The highest BCUT2D eigenvalue weighted by Crippen LogP contribution is 2.29. The monoisotopic (exact) mass is 299 g/mol. The lowest BCUT2D eigenvalue weighted by Crippen LogP contribution is -2.51. The fourth-order valence-electron chi connectivity index (χ4n) is 1.24. The third-order valence-corrected chi connectivity index (χ3v) is 2.23. The van der Waals surface area contributed by atoms with Crippen molar-refractivity contribution in [2.24, 2.45) is 5.92 Å². The largest absolute Gasteiger partial charge is 0.458 e. The van der Waals surface area contributed by atoms with Crippen molar-refractivity contribution in [3.8, 4) is 0 Å². The van der Waals surface area contributed by atoms with Gasteiger partial charge in [0.25, 0.3) is 0 Å². The van der Waals surface area contributed by atoms with Crippen LogP contribution in [0.5, 0.6) is 0 Å². The van der Waals surface area contributed by atoms with E-state index in [4.69, 9.17) is 4.74 Å². The number of esters is 1. The second-order valence-electron chi connectivity index (χ2n) is 5.21. The van der Waals surface area contributed by atoms with Gasteiger partial charge in [-0.25, -0.2) is 9.59 Å². The van der Waals surface area contributed by atoms with E-state index in [0.717, 1.165) is 6.92 Å². The number of amides is 1. The van der Waals surface area contributed by atoms with Crippen LogP contribution in [0.15, 0.2) is 0 Å². The van der Waals surface area contributed by atoms with E-state index in [1.807, 2.05) is 5.32 Å². The molecule has 2 unspecified atom stereocenters. The molecule has 1 amide bonds. The minimum atomic E-state index is -4.65. The average Bonchev–Trinajstić information content (AvgIpc) is 2.21. The van der Waals surface area contributed by atoms with Crippen molar-refractivity contribution in [2.45, 2.75) is 52.4 Å². The summed E-state index contributed by atoms with van der Waals surface area (Å²) in [6.07, 6.45) is -5.75. The number of nitrogens with one attached hydrogen (secondary N) is 1. The minimum absolute atomic E-state index is 0.0206. The van der Waals surface area contributed by atoms with Gasteiger partial charge in [-0.05, 0) is 27.7 Å². The first-order valence-corrected chi connectivity index (χ1v) is 6.11. The summed E-state index contributed by atoms with van der Waals surface area (Å²) in [6.45, 7) is 6.82. The van der Waals surface area contributed by atoms with E-state index in [1.54, 1.807) is 0 Å². The molecule has 0 aliphatic rings. The summed E-state index contributed by atoms with van der Waals surface area (Å²) >= 11 is 0. The summed E-state index contributed by atoms with van der Waals surface area (Å²) in [6, 6.07) is -1.85. The lowest BCUT2D eigenvalue weighted by molar-refractivity contribution is -0.191. The Morgan fingerprint density at radius 3 is 2.05 bits per heavy atom. The van der Waals surface area contributed by atoms with Gasteiger partial charge >= 0.3 is 18.2 Å². The molecule has 1 N–H and O–H groups in total. The predicted octanol–water partition coefficient (Wildman–Crippen LogP) is 2.64. The smallest absolute Gasteiger partial charge is 0.407 e. The minimum Gasteiger partial charge on any atom is -0.458 e. The Hall–Kier alpha value is -1.47. The van der Waals surface area contributed by atoms with Crippen molar-refractivity contribution < 1.29 is 32.2 Å². The van der Waals surface area contributed by atoms with Gasteiger partial charge < -0.3 is 14.8 Å². The SMILES string of the molecule is CCOC(=O)NC(C(=O)OC(C)(C)C)C(C)C(F)(F)F. The Morgan fingerprint density at radius 2 is 1.70 bits per heavy atom. The Balaban J connectivity index is 5.06. The van der Waals surface area contributed by atoms with Crippen LogP contribution in [0.1, 0.15) is 34.6 Å². The fourth-order valence-corrected chi connectivity index (χ4v) is 1.24. The van der Waals surface area contributed by atoms with Gasteiger partial charge in [-0.15, -0.1) is 0 Å². The molecule has 0 spiro atoms. The summed E-state index contributed by atoms with van der Waals surface area (Å²) in [7, 11) is 0. The third kappa shape index (κ3) is 6.63. The summed E-state index contributed by atoms with van der Waals surface area (Å²) in [5.41, 5.74) is -0.961. The van der Waals surface area contributed by atoms with Crippen LogP contribution >= 0.6 is 0 Å². The van der Waals surface area contributed by atoms with Crippen molar-refractivity contribution in [2.75, 3.05) is 6.61 Å². The number of ether oxygens (including phenoxy) is 2. The van der Waals surface area contributed by atoms with Crippen LogP contribution in [0.2, 0.25) is 0 Å². The zero-order valence-electron chi connectivity index (χ0n) is 12.1. The zero-order chi connectivity index (χ0) is 16.1. The molecule has 0 fully saturated rings. The summed E-state index contributed by atoms with van der Waals surface area (Å²) in [5.74, 6) is -3.25. The quantitative estimate of drug-likeness (QED) is 0.811. The molecule has 0 radical (unpaired) electrons. The van der Waals surface area contributed by atoms with Crippen molar-refractivity contribution >= 4 is 12.1 Å². The molecule has 0 aromatic carbocycles. The molecule has 0 aliphatic heterocycles. The molecule has 20 heavy (non-hydrogen) atoms. The number of alkyl halides is 3. The number of rotatable bonds is 4. The Labute approximate surface area is 115 Å². The summed E-state index contributed by atoms with van der Waals surface area (Å²) in [4.78, 5) is 23.0. The summed E-state index contributed by atoms with van der Waals surface area (Å²) < 4.78 is 47.6. The maximum absolute atomic E-state index is 12.7. The van der Waals surface area contributed by atoms with Gasteiger partial charge in [0.1, 0.15) is 11.6 Å². The number of carbonyl (C=O) groups is 2. The van der Waals surface area contributed by atoms with Crippen LogP contribution in [0.25, 0.3) is 0 Å². The van der Waals surface area contributed by atoms with Gasteiger partial charge in [0.05, 0.1) is 12.5 Å². The highest BCUT2D eigenvalue weighted by Gasteiger charge is 2.46. The first-order valence-electron chi connectivity index (χ1n) is 6.11. The topological polar surface area (TPSA) is 64.6 Å². The van der Waals surface area contributed by atoms with Crippen LogP contribution in [0, 0.1) is 5.92 Å². The van der Waals surface area contributed by atoms with E-state index in [9.17, 15) is 22.8 Å². The molecule has 0 aliphatic carbocycles. The zero-order valence-corrected chi connectivity index (χ0v) is 12.1. The van der Waals surface area contributed by atoms with Crippen LogP contribution in [-0.4, -0.2) is 36.5 Å². The second-order valence-corrected chi connectivity index (χ2v) is 5.21. The molecule has 5 nitrogen and oxygen atoms in total. The molecule has 118 valence electrons. The van der Waals surface area contributed by atoms with E-state index in [1.165, 1.54) is 27.7 Å². The van der Waals surface area contributed by atoms with Crippen LogP contribution in [0.4, 0.5) is 18.0 Å². The maximum atomic E-state index is 12.7. The fraction of sp³-hybridized carbons (Fsp3) is 0.833. The maximum Gasteiger partial charge on any atom is 0.407 e. The number of halogens is 3. The van der Waals surface area contributed by atoms with Crippen molar-refractivity contribution in [1.29, 1.82) is 0 Å². The summed E-state index contributed by atoms with van der Waals surface area (Å²) in [5, 5.41) is 1.89. The molecule has 0 aromatic heterocycles. The van der Waals surface area contributed by atoms with Gasteiger partial charge in [-0.1, -0.05) is 6.92 Å². The average molecular weight is 299 g/mol. The number of carbonyl (C=O) groups excluding carboxylic acids is 2. The van der Waals surface area contributed by atoms with E-state index in [0.29, 0.717) is 0 Å². The molecule has 0 heterocycles. The van der Waals surface area contributed by atoms with Crippen molar-refractivity contribution in [3.05, 3.63) is 0 Å². The first-order chi connectivity index (χ1) is 8.88. The van der Waals surface area contributed by atoms with E-state index < -0.39 is 35.8 Å².